The third-order valence-corrected chi connectivity index (χ3v) is 3.15. The maximum atomic E-state index is 11.2. The minimum absolute atomic E-state index is 0.0366. The van der Waals surface area contributed by atoms with Gasteiger partial charge in [0.15, 0.2) is 0 Å². The summed E-state index contributed by atoms with van der Waals surface area (Å²) in [6, 6.07) is 6.14. The molecule has 0 saturated carbocycles. The number of carboxylic acids is 1. The van der Waals surface area contributed by atoms with Gasteiger partial charge in [-0.15, -0.1) is 5.10 Å². The second-order valence-corrected chi connectivity index (χ2v) is 4.69. The molecule has 0 spiro atoms. The van der Waals surface area contributed by atoms with E-state index in [9.17, 15) is 10.1 Å². The fraction of sp³-hybridized carbons (Fsp3) is 0.143. The Balaban J connectivity index is 2.52. The number of nitriles is 1. The van der Waals surface area contributed by atoms with Gasteiger partial charge in [0.25, 0.3) is 5.88 Å². The Hall–Kier alpha value is -2.65. The maximum Gasteiger partial charge on any atom is 0.339 e. The van der Waals surface area contributed by atoms with Gasteiger partial charge in [-0.3, -0.25) is 0 Å². The first-order valence-corrected chi connectivity index (χ1v) is 6.26. The first-order valence-electron chi connectivity index (χ1n) is 5.88. The molecule has 1 aromatic carbocycles. The number of nitrogens with zero attached hydrogens (tertiary/aromatic N) is 3. The van der Waals surface area contributed by atoms with Crippen LogP contribution in [0.1, 0.15) is 27.2 Å². The van der Waals surface area contributed by atoms with Crippen LogP contribution in [0.15, 0.2) is 18.2 Å². The largest absolute Gasteiger partial charge is 0.478 e. The predicted molar refractivity (Wildman–Crippen MR) is 74.7 cm³/mol. The van der Waals surface area contributed by atoms with E-state index >= 15 is 0 Å². The lowest BCUT2D eigenvalue weighted by Gasteiger charge is -2.10. The second-order valence-electron chi connectivity index (χ2n) is 4.25. The Morgan fingerprint density at radius 1 is 1.38 bits per heavy atom. The highest BCUT2D eigenvalue weighted by Gasteiger charge is 2.17. The van der Waals surface area contributed by atoms with E-state index in [4.69, 9.17) is 21.4 Å². The van der Waals surface area contributed by atoms with Crippen molar-refractivity contribution >= 4 is 17.6 Å². The molecule has 0 aliphatic heterocycles. The number of ether oxygens (including phenoxy) is 1. The molecular weight excluding hydrogens is 294 g/mol. The first-order chi connectivity index (χ1) is 9.93. The van der Waals surface area contributed by atoms with Crippen molar-refractivity contribution < 1.29 is 14.6 Å². The average Bonchev–Trinajstić information content (AvgIpc) is 2.45. The summed E-state index contributed by atoms with van der Waals surface area (Å²) in [6.07, 6.45) is 0. The summed E-state index contributed by atoms with van der Waals surface area (Å²) in [4.78, 5) is 11.2. The molecule has 0 amide bonds. The molecule has 7 heteroatoms. The lowest BCUT2D eigenvalue weighted by Crippen LogP contribution is -2.04. The minimum Gasteiger partial charge on any atom is -0.478 e. The maximum absolute atomic E-state index is 11.2. The highest BCUT2D eigenvalue weighted by atomic mass is 35.5. The van der Waals surface area contributed by atoms with E-state index in [-0.39, 0.29) is 27.8 Å². The van der Waals surface area contributed by atoms with Crippen LogP contribution in [0.5, 0.6) is 11.6 Å². The van der Waals surface area contributed by atoms with Crippen LogP contribution in [0.2, 0.25) is 5.02 Å². The third kappa shape index (κ3) is 2.93. The number of carboxylic acid groups (broad SMARTS) is 1. The summed E-state index contributed by atoms with van der Waals surface area (Å²) in [7, 11) is 0. The van der Waals surface area contributed by atoms with Gasteiger partial charge in [-0.25, -0.2) is 4.79 Å². The van der Waals surface area contributed by atoms with Gasteiger partial charge in [0.2, 0.25) is 0 Å². The fourth-order valence-corrected chi connectivity index (χ4v) is 1.82. The van der Waals surface area contributed by atoms with Crippen LogP contribution in [0.4, 0.5) is 0 Å². The van der Waals surface area contributed by atoms with Crippen LogP contribution in [-0.4, -0.2) is 21.3 Å². The van der Waals surface area contributed by atoms with Crippen molar-refractivity contribution in [2.45, 2.75) is 13.8 Å². The number of aryl methyl sites for hydroxylation is 1. The second kappa shape index (κ2) is 5.77. The summed E-state index contributed by atoms with van der Waals surface area (Å²) >= 11 is 5.77. The van der Waals surface area contributed by atoms with Crippen molar-refractivity contribution in [2.75, 3.05) is 0 Å². The number of hydrogen-bond acceptors (Lipinski definition) is 5. The highest BCUT2D eigenvalue weighted by molar-refractivity contribution is 6.31. The number of aromatic carboxylic acids is 1. The number of halogens is 1. The van der Waals surface area contributed by atoms with Gasteiger partial charge in [0.1, 0.15) is 22.9 Å². The van der Waals surface area contributed by atoms with E-state index in [1.165, 1.54) is 18.2 Å². The quantitative estimate of drug-likeness (QED) is 0.935. The zero-order chi connectivity index (χ0) is 15.6. The predicted octanol–water partition coefficient (Wildman–Crippen LogP) is 3.11. The zero-order valence-electron chi connectivity index (χ0n) is 11.2. The molecule has 0 aliphatic rings. The van der Waals surface area contributed by atoms with Crippen LogP contribution in [-0.2, 0) is 0 Å². The van der Waals surface area contributed by atoms with Gasteiger partial charge in [0.05, 0.1) is 5.69 Å². The molecule has 1 heterocycles. The molecule has 2 rings (SSSR count). The Morgan fingerprint density at radius 2 is 2.10 bits per heavy atom. The van der Waals surface area contributed by atoms with Crippen molar-refractivity contribution in [3.8, 4) is 17.7 Å². The number of rotatable bonds is 3. The van der Waals surface area contributed by atoms with Crippen molar-refractivity contribution in [2.24, 2.45) is 0 Å². The van der Waals surface area contributed by atoms with Crippen LogP contribution >= 0.6 is 11.6 Å². The topological polar surface area (TPSA) is 96.1 Å². The van der Waals surface area contributed by atoms with E-state index in [1.807, 2.05) is 6.07 Å². The van der Waals surface area contributed by atoms with Crippen molar-refractivity contribution in [3.63, 3.8) is 0 Å². The minimum atomic E-state index is -1.19. The van der Waals surface area contributed by atoms with Crippen LogP contribution in [0.3, 0.4) is 0 Å². The van der Waals surface area contributed by atoms with Crippen molar-refractivity contribution in [1.82, 2.24) is 10.2 Å². The molecule has 0 fully saturated rings. The summed E-state index contributed by atoms with van der Waals surface area (Å²) in [6.45, 7) is 3.44. The third-order valence-electron chi connectivity index (χ3n) is 2.91. The first kappa shape index (κ1) is 14.8. The van der Waals surface area contributed by atoms with E-state index < -0.39 is 5.97 Å². The number of carbonyl (C=O) groups is 1. The molecule has 1 N–H and O–H groups in total. The molecule has 21 heavy (non-hydrogen) atoms. The molecule has 0 saturated heterocycles. The lowest BCUT2D eigenvalue weighted by atomic mass is 10.1. The average molecular weight is 304 g/mol. The van der Waals surface area contributed by atoms with Crippen LogP contribution < -0.4 is 4.74 Å². The van der Waals surface area contributed by atoms with Gasteiger partial charge in [-0.05, 0) is 37.6 Å². The van der Waals surface area contributed by atoms with E-state index in [0.717, 1.165) is 0 Å². The van der Waals surface area contributed by atoms with Gasteiger partial charge < -0.3 is 9.84 Å². The molecular formula is C14H10ClN3O3. The lowest BCUT2D eigenvalue weighted by molar-refractivity contribution is 0.0694. The highest BCUT2D eigenvalue weighted by Crippen LogP contribution is 2.29. The van der Waals surface area contributed by atoms with Gasteiger partial charge >= 0.3 is 5.97 Å². The molecule has 0 unspecified atom stereocenters. The monoisotopic (exact) mass is 303 g/mol. The molecule has 0 radical (unpaired) electrons. The van der Waals surface area contributed by atoms with Gasteiger partial charge in [-0.2, -0.15) is 10.4 Å². The number of hydrogen-bond donors (Lipinski definition) is 1. The molecule has 106 valence electrons. The zero-order valence-corrected chi connectivity index (χ0v) is 12.0. The molecule has 2 aromatic rings. The standard InChI is InChI=1S/C14H10ClN3O3/c1-7-8(2)17-18-13(11(7)6-16)21-12-4-3-9(15)5-10(12)14(19)20/h3-5H,1-2H3,(H,19,20). The Labute approximate surface area is 125 Å². The Morgan fingerprint density at radius 3 is 2.71 bits per heavy atom. The van der Waals surface area contributed by atoms with Crippen LogP contribution in [0.25, 0.3) is 0 Å². The Bertz CT molecular complexity index is 769. The molecule has 0 aliphatic carbocycles. The van der Waals surface area contributed by atoms with Gasteiger partial charge in [0, 0.05) is 5.02 Å². The summed E-state index contributed by atoms with van der Waals surface area (Å²) in [5.74, 6) is -1.19. The fourth-order valence-electron chi connectivity index (χ4n) is 1.65. The number of benzene rings is 1. The molecule has 0 bridgehead atoms. The summed E-state index contributed by atoms with van der Waals surface area (Å²) in [5, 5.41) is 26.3. The normalized spacial score (nSPS) is 10.0. The molecule has 6 nitrogen and oxygen atoms in total. The number of aromatic nitrogens is 2. The summed E-state index contributed by atoms with van der Waals surface area (Å²) < 4.78 is 5.45. The van der Waals surface area contributed by atoms with Crippen LogP contribution in [0, 0.1) is 25.2 Å². The van der Waals surface area contributed by atoms with E-state index in [2.05, 4.69) is 10.2 Å². The van der Waals surface area contributed by atoms with Gasteiger partial charge in [-0.1, -0.05) is 11.6 Å². The molecule has 0 atom stereocenters. The van der Waals surface area contributed by atoms with Crippen molar-refractivity contribution in [1.29, 1.82) is 5.26 Å². The Kier molecular flexibility index (Phi) is 4.05. The smallest absolute Gasteiger partial charge is 0.339 e. The van der Waals surface area contributed by atoms with E-state index in [0.29, 0.717) is 11.3 Å². The molecule has 1 aromatic heterocycles. The van der Waals surface area contributed by atoms with Crippen molar-refractivity contribution in [3.05, 3.63) is 45.6 Å². The summed E-state index contributed by atoms with van der Waals surface area (Å²) in [5.41, 5.74) is 1.34. The van der Waals surface area contributed by atoms with E-state index in [1.54, 1.807) is 13.8 Å². The SMILES string of the molecule is Cc1nnc(Oc2ccc(Cl)cc2C(=O)O)c(C#N)c1C.